The number of halogens is 6. The Kier molecular flexibility index (Phi) is 9.89. The molecule has 4 rings (SSSR count). The van der Waals surface area contributed by atoms with Gasteiger partial charge in [-0.05, 0) is 61.9 Å². The number of hydrogen-bond donors (Lipinski definition) is 2. The summed E-state index contributed by atoms with van der Waals surface area (Å²) < 4.78 is 83.9. The van der Waals surface area contributed by atoms with Gasteiger partial charge in [0.25, 0.3) is 5.91 Å². The average molecular weight is 627 g/mol. The number of nitrogens with two attached hydrogens (primary N) is 1. The Morgan fingerprint density at radius 2 is 1.57 bits per heavy atom. The van der Waals surface area contributed by atoms with Crippen LogP contribution < -0.4 is 20.7 Å². The monoisotopic (exact) mass is 626 g/mol. The molecule has 1 aliphatic carbocycles. The van der Waals surface area contributed by atoms with E-state index in [0.717, 1.165) is 12.8 Å². The van der Waals surface area contributed by atoms with Crippen LogP contribution in [0.1, 0.15) is 49.7 Å². The number of nitrogens with one attached hydrogen (secondary N) is 1. The van der Waals surface area contributed by atoms with Gasteiger partial charge in [-0.1, -0.05) is 18.2 Å². The Hall–Kier alpha value is -4.10. The summed E-state index contributed by atoms with van der Waals surface area (Å²) in [4.78, 5) is 45.7. The number of benzene rings is 2. The number of ether oxygens (including phenoxy) is 1. The van der Waals surface area contributed by atoms with Crippen LogP contribution in [0.25, 0.3) is 0 Å². The number of para-hydroxylation sites is 1. The van der Waals surface area contributed by atoms with Crippen molar-refractivity contribution in [1.82, 2.24) is 5.32 Å². The van der Waals surface area contributed by atoms with Crippen molar-refractivity contribution in [1.29, 1.82) is 0 Å². The average Bonchev–Trinajstić information content (AvgIpc) is 3.79. The van der Waals surface area contributed by atoms with E-state index in [0.29, 0.717) is 29.1 Å². The van der Waals surface area contributed by atoms with Gasteiger partial charge in [0.05, 0.1) is 18.5 Å². The number of fused-ring (bicyclic) bond motifs is 1. The summed E-state index contributed by atoms with van der Waals surface area (Å²) >= 11 is 0. The lowest BCUT2D eigenvalue weighted by atomic mass is 9.83. The summed E-state index contributed by atoms with van der Waals surface area (Å²) in [5, 5.41) is 2.36. The van der Waals surface area contributed by atoms with E-state index in [1.54, 1.807) is 48.5 Å². The third-order valence-electron chi connectivity index (χ3n) is 7.65. The Labute approximate surface area is 249 Å². The summed E-state index contributed by atoms with van der Waals surface area (Å²) in [6, 6.07) is 13.6. The molecule has 2 aliphatic rings. The zero-order valence-electron chi connectivity index (χ0n) is 23.8. The third kappa shape index (κ3) is 8.50. The minimum absolute atomic E-state index is 0.187. The topological polar surface area (TPSA) is 114 Å². The van der Waals surface area contributed by atoms with Crippen LogP contribution in [0.5, 0.6) is 5.75 Å². The van der Waals surface area contributed by atoms with Crippen LogP contribution >= 0.6 is 0 Å². The molecule has 2 aromatic rings. The highest BCUT2D eigenvalue weighted by atomic mass is 19.4. The van der Waals surface area contributed by atoms with E-state index in [4.69, 9.17) is 10.5 Å². The number of primary amides is 1. The molecule has 1 fully saturated rings. The number of methoxy groups -OCH3 is 1. The molecule has 8 nitrogen and oxygen atoms in total. The number of hydrogen-bond acceptors (Lipinski definition) is 5. The molecule has 0 aromatic heterocycles. The van der Waals surface area contributed by atoms with Crippen LogP contribution in [0.15, 0.2) is 53.5 Å². The first-order valence-corrected chi connectivity index (χ1v) is 14.0. The molecule has 3 unspecified atom stereocenters. The summed E-state index contributed by atoms with van der Waals surface area (Å²) in [7, 11) is 1.48. The Morgan fingerprint density at radius 1 is 0.977 bits per heavy atom. The van der Waals surface area contributed by atoms with E-state index in [1.807, 2.05) is 0 Å². The van der Waals surface area contributed by atoms with Gasteiger partial charge in [-0.25, -0.2) is 4.99 Å². The number of carbonyl (C=O) groups excluding carboxylic acids is 3. The second-order valence-electron chi connectivity index (χ2n) is 10.9. The Bertz CT molecular complexity index is 1390. The van der Waals surface area contributed by atoms with Gasteiger partial charge in [-0.15, -0.1) is 0 Å². The van der Waals surface area contributed by atoms with E-state index in [2.05, 4.69) is 10.3 Å². The second kappa shape index (κ2) is 13.3. The molecule has 3 atom stereocenters. The fourth-order valence-corrected chi connectivity index (χ4v) is 5.19. The van der Waals surface area contributed by atoms with E-state index in [1.165, 1.54) is 12.0 Å². The third-order valence-corrected chi connectivity index (χ3v) is 7.65. The minimum Gasteiger partial charge on any atom is -0.497 e. The van der Waals surface area contributed by atoms with Gasteiger partial charge in [0, 0.05) is 42.3 Å². The molecule has 0 radical (unpaired) electrons. The van der Waals surface area contributed by atoms with Gasteiger partial charge in [0.2, 0.25) is 18.0 Å². The van der Waals surface area contributed by atoms with Crippen LogP contribution in [-0.2, 0) is 14.4 Å². The zero-order chi connectivity index (χ0) is 32.2. The van der Waals surface area contributed by atoms with Gasteiger partial charge < -0.3 is 20.7 Å². The molecule has 0 spiro atoms. The van der Waals surface area contributed by atoms with Gasteiger partial charge in [-0.3, -0.25) is 14.4 Å². The fourth-order valence-electron chi connectivity index (χ4n) is 5.19. The van der Waals surface area contributed by atoms with Crippen molar-refractivity contribution in [3.63, 3.8) is 0 Å². The highest BCUT2D eigenvalue weighted by Gasteiger charge is 2.42. The largest absolute Gasteiger partial charge is 0.497 e. The lowest BCUT2D eigenvalue weighted by Crippen LogP contribution is -2.51. The van der Waals surface area contributed by atoms with E-state index in [-0.39, 0.29) is 11.6 Å². The SMILES string of the molecule is COc1ccc(C2=NC(NC(=O)C(CCC(F)(F)F)C(CCC(F)(F)F)C(N)=O)C(=O)N(CC3CC3)c3ccccc32)cc1. The molecule has 0 saturated heterocycles. The number of rotatable bonds is 12. The van der Waals surface area contributed by atoms with Crippen LogP contribution in [0.2, 0.25) is 0 Å². The van der Waals surface area contributed by atoms with Crippen molar-refractivity contribution < 1.29 is 45.5 Å². The highest BCUT2D eigenvalue weighted by Crippen LogP contribution is 2.36. The van der Waals surface area contributed by atoms with Crippen LogP contribution in [-0.4, -0.2) is 55.6 Å². The fraction of sp³-hybridized carbons (Fsp3) is 0.467. The lowest BCUT2D eigenvalue weighted by Gasteiger charge is -2.28. The van der Waals surface area contributed by atoms with Crippen molar-refractivity contribution in [2.24, 2.45) is 28.5 Å². The molecule has 14 heteroatoms. The molecule has 44 heavy (non-hydrogen) atoms. The summed E-state index contributed by atoms with van der Waals surface area (Å²) in [5.74, 6) is -6.30. The van der Waals surface area contributed by atoms with E-state index >= 15 is 0 Å². The van der Waals surface area contributed by atoms with Gasteiger partial charge in [0.1, 0.15) is 5.75 Å². The van der Waals surface area contributed by atoms with Crippen LogP contribution in [0.4, 0.5) is 32.0 Å². The first kappa shape index (κ1) is 32.8. The second-order valence-corrected chi connectivity index (χ2v) is 10.9. The number of nitrogens with zero attached hydrogens (tertiary/aromatic N) is 2. The van der Waals surface area contributed by atoms with Crippen LogP contribution in [0.3, 0.4) is 0 Å². The maximum atomic E-state index is 13.9. The number of anilines is 1. The number of aliphatic imine (C=N–C) groups is 1. The first-order valence-electron chi connectivity index (χ1n) is 14.0. The van der Waals surface area contributed by atoms with Crippen molar-refractivity contribution in [2.75, 3.05) is 18.6 Å². The summed E-state index contributed by atoms with van der Waals surface area (Å²) in [6.45, 7) is 0.292. The molecule has 238 valence electrons. The molecule has 3 N–H and O–H groups in total. The van der Waals surface area contributed by atoms with E-state index in [9.17, 15) is 40.7 Å². The number of carbonyl (C=O) groups is 3. The van der Waals surface area contributed by atoms with Crippen molar-refractivity contribution >= 4 is 29.1 Å². The maximum absolute atomic E-state index is 13.9. The van der Waals surface area contributed by atoms with Crippen LogP contribution in [0, 0.1) is 17.8 Å². The molecule has 1 aliphatic heterocycles. The predicted octanol–water partition coefficient (Wildman–Crippen LogP) is 5.13. The number of benzodiazepines with no additional fused rings is 1. The molecular weight excluding hydrogens is 594 g/mol. The molecule has 1 saturated carbocycles. The van der Waals surface area contributed by atoms with Crippen molar-refractivity contribution in [2.45, 2.75) is 57.0 Å². The Morgan fingerprint density at radius 3 is 2.11 bits per heavy atom. The highest BCUT2D eigenvalue weighted by molar-refractivity contribution is 6.20. The van der Waals surface area contributed by atoms with Gasteiger partial charge in [-0.2, -0.15) is 26.3 Å². The molecule has 1 heterocycles. The quantitative estimate of drug-likeness (QED) is 0.318. The standard InChI is InChI=1S/C30H32F6N4O4/c1-44-19-10-8-18(9-11-19)24-22-4-2-3-5-23(22)40(16-17-6-7-17)28(43)26(38-24)39-27(42)21(13-15-30(34,35)36)20(25(37)41)12-14-29(31,32)33/h2-5,8-11,17,20-21,26H,6-7,12-16H2,1H3,(H2,37,41)(H,39,42). The summed E-state index contributed by atoms with van der Waals surface area (Å²) in [6.07, 6.45) is -14.5. The maximum Gasteiger partial charge on any atom is 0.389 e. The van der Waals surface area contributed by atoms with Gasteiger partial charge >= 0.3 is 12.4 Å². The first-order chi connectivity index (χ1) is 20.7. The molecule has 2 aromatic carbocycles. The predicted molar refractivity (Wildman–Crippen MR) is 149 cm³/mol. The molecule has 3 amide bonds. The van der Waals surface area contributed by atoms with Crippen molar-refractivity contribution in [3.05, 3.63) is 59.7 Å². The lowest BCUT2D eigenvalue weighted by molar-refractivity contribution is -0.152. The summed E-state index contributed by atoms with van der Waals surface area (Å²) in [5.41, 5.74) is 7.19. The zero-order valence-corrected chi connectivity index (χ0v) is 23.8. The normalized spacial score (nSPS) is 18.5. The number of amides is 3. The number of alkyl halides is 6. The Balaban J connectivity index is 1.75. The van der Waals surface area contributed by atoms with Gasteiger partial charge in [0.15, 0.2) is 0 Å². The van der Waals surface area contributed by atoms with Crippen molar-refractivity contribution in [3.8, 4) is 5.75 Å². The minimum atomic E-state index is -4.77. The van der Waals surface area contributed by atoms with E-state index < -0.39 is 73.8 Å². The molecular formula is C30H32F6N4O4. The smallest absolute Gasteiger partial charge is 0.389 e. The molecule has 0 bridgehead atoms.